The SMILES string of the molecule is O=C(C=Cc1ccccc1Br)c1cccc(Cl)c1. The van der Waals surface area contributed by atoms with Gasteiger partial charge in [-0.3, -0.25) is 4.79 Å². The molecule has 90 valence electrons. The standard InChI is InChI=1S/C15H10BrClO/c16-14-7-2-1-4-11(14)8-9-15(18)12-5-3-6-13(17)10-12/h1-10H. The molecule has 2 aromatic rings. The first-order valence-corrected chi connectivity index (χ1v) is 6.56. The van der Waals surface area contributed by atoms with Crippen molar-refractivity contribution in [2.45, 2.75) is 0 Å². The summed E-state index contributed by atoms with van der Waals surface area (Å²) in [4.78, 5) is 11.9. The van der Waals surface area contributed by atoms with Crippen molar-refractivity contribution in [3.63, 3.8) is 0 Å². The van der Waals surface area contributed by atoms with Gasteiger partial charge in [0, 0.05) is 15.1 Å². The van der Waals surface area contributed by atoms with Gasteiger partial charge in [-0.25, -0.2) is 0 Å². The minimum atomic E-state index is -0.0618. The van der Waals surface area contributed by atoms with Gasteiger partial charge in [0.05, 0.1) is 0 Å². The Labute approximate surface area is 119 Å². The van der Waals surface area contributed by atoms with E-state index in [1.54, 1.807) is 36.4 Å². The molecule has 0 aliphatic rings. The molecule has 0 amide bonds. The molecule has 0 saturated carbocycles. The maximum atomic E-state index is 11.9. The van der Waals surface area contributed by atoms with Crippen LogP contribution >= 0.6 is 27.5 Å². The molecule has 18 heavy (non-hydrogen) atoms. The molecule has 0 N–H and O–H groups in total. The van der Waals surface area contributed by atoms with Gasteiger partial charge in [0.2, 0.25) is 0 Å². The summed E-state index contributed by atoms with van der Waals surface area (Å²) < 4.78 is 0.958. The van der Waals surface area contributed by atoms with Gasteiger partial charge in [0.15, 0.2) is 5.78 Å². The molecule has 2 aromatic carbocycles. The lowest BCUT2D eigenvalue weighted by Gasteiger charge is -1.98. The first kappa shape index (κ1) is 13.1. The third kappa shape index (κ3) is 3.31. The smallest absolute Gasteiger partial charge is 0.185 e. The summed E-state index contributed by atoms with van der Waals surface area (Å²) in [6.07, 6.45) is 3.33. The zero-order chi connectivity index (χ0) is 13.0. The van der Waals surface area contributed by atoms with Crippen molar-refractivity contribution in [2.24, 2.45) is 0 Å². The lowest BCUT2D eigenvalue weighted by molar-refractivity contribution is 0.104. The van der Waals surface area contributed by atoms with E-state index in [1.165, 1.54) is 0 Å². The molecule has 0 heterocycles. The fraction of sp³-hybridized carbons (Fsp3) is 0. The molecule has 0 bridgehead atoms. The molecule has 2 rings (SSSR count). The highest BCUT2D eigenvalue weighted by Crippen LogP contribution is 2.18. The maximum Gasteiger partial charge on any atom is 0.185 e. The molecule has 0 unspecified atom stereocenters. The molecule has 3 heteroatoms. The van der Waals surface area contributed by atoms with Crippen LogP contribution in [0.25, 0.3) is 6.08 Å². The largest absolute Gasteiger partial charge is 0.289 e. The van der Waals surface area contributed by atoms with Gasteiger partial charge in [0.1, 0.15) is 0 Å². The van der Waals surface area contributed by atoms with Crippen LogP contribution in [0.4, 0.5) is 0 Å². The molecule has 0 saturated heterocycles. The average Bonchev–Trinajstić information content (AvgIpc) is 2.37. The highest BCUT2D eigenvalue weighted by molar-refractivity contribution is 9.10. The van der Waals surface area contributed by atoms with Gasteiger partial charge in [-0.1, -0.05) is 57.9 Å². The average molecular weight is 322 g/mol. The predicted octanol–water partition coefficient (Wildman–Crippen LogP) is 5.00. The Morgan fingerprint density at radius 3 is 2.61 bits per heavy atom. The Kier molecular flexibility index (Phi) is 4.34. The number of rotatable bonds is 3. The molecule has 0 radical (unpaired) electrons. The molecule has 0 fully saturated rings. The van der Waals surface area contributed by atoms with E-state index >= 15 is 0 Å². The summed E-state index contributed by atoms with van der Waals surface area (Å²) in [7, 11) is 0. The van der Waals surface area contributed by atoms with E-state index in [-0.39, 0.29) is 5.78 Å². The zero-order valence-corrected chi connectivity index (χ0v) is 11.8. The second kappa shape index (κ2) is 5.98. The Hall–Kier alpha value is -1.38. The molecular weight excluding hydrogens is 312 g/mol. The van der Waals surface area contributed by atoms with Crippen LogP contribution in [0.15, 0.2) is 59.1 Å². The molecule has 0 aliphatic carbocycles. The minimum Gasteiger partial charge on any atom is -0.289 e. The normalized spacial score (nSPS) is 10.8. The molecule has 1 nitrogen and oxygen atoms in total. The number of hydrogen-bond donors (Lipinski definition) is 0. The predicted molar refractivity (Wildman–Crippen MR) is 79.0 cm³/mol. The summed E-state index contributed by atoms with van der Waals surface area (Å²) >= 11 is 9.28. The number of benzene rings is 2. The quantitative estimate of drug-likeness (QED) is 0.574. The Morgan fingerprint density at radius 1 is 1.11 bits per heavy atom. The molecule has 0 aromatic heterocycles. The number of carbonyl (C=O) groups excluding carboxylic acids is 1. The second-order valence-corrected chi connectivity index (χ2v) is 5.02. The van der Waals surface area contributed by atoms with Crippen molar-refractivity contribution in [3.8, 4) is 0 Å². The topological polar surface area (TPSA) is 17.1 Å². The van der Waals surface area contributed by atoms with Crippen LogP contribution in [0, 0.1) is 0 Å². The van der Waals surface area contributed by atoms with E-state index in [1.807, 2.05) is 24.3 Å². The first-order valence-electron chi connectivity index (χ1n) is 5.39. The van der Waals surface area contributed by atoms with E-state index in [0.717, 1.165) is 10.0 Å². The summed E-state index contributed by atoms with van der Waals surface area (Å²) in [5.74, 6) is -0.0618. The number of hydrogen-bond acceptors (Lipinski definition) is 1. The van der Waals surface area contributed by atoms with E-state index < -0.39 is 0 Å². The van der Waals surface area contributed by atoms with Crippen molar-refractivity contribution in [1.82, 2.24) is 0 Å². The van der Waals surface area contributed by atoms with Gasteiger partial charge >= 0.3 is 0 Å². The van der Waals surface area contributed by atoms with Crippen molar-refractivity contribution in [3.05, 3.63) is 75.2 Å². The van der Waals surface area contributed by atoms with Crippen molar-refractivity contribution in [1.29, 1.82) is 0 Å². The fourth-order valence-corrected chi connectivity index (χ4v) is 2.12. The van der Waals surface area contributed by atoms with Gasteiger partial charge in [-0.2, -0.15) is 0 Å². The Bertz CT molecular complexity index is 605. The summed E-state index contributed by atoms with van der Waals surface area (Å²) in [5, 5.41) is 0.565. The summed E-state index contributed by atoms with van der Waals surface area (Å²) in [6, 6.07) is 14.6. The van der Waals surface area contributed by atoms with Crippen LogP contribution in [-0.2, 0) is 0 Å². The number of ketones is 1. The van der Waals surface area contributed by atoms with Crippen LogP contribution in [0.3, 0.4) is 0 Å². The lowest BCUT2D eigenvalue weighted by Crippen LogP contribution is -1.93. The Morgan fingerprint density at radius 2 is 1.89 bits per heavy atom. The third-order valence-electron chi connectivity index (χ3n) is 2.43. The lowest BCUT2D eigenvalue weighted by atomic mass is 10.1. The van der Waals surface area contributed by atoms with Crippen LogP contribution in [0.5, 0.6) is 0 Å². The number of allylic oxidation sites excluding steroid dienone is 1. The van der Waals surface area contributed by atoms with Crippen molar-refractivity contribution < 1.29 is 4.79 Å². The monoisotopic (exact) mass is 320 g/mol. The fourth-order valence-electron chi connectivity index (χ4n) is 1.51. The number of halogens is 2. The third-order valence-corrected chi connectivity index (χ3v) is 3.39. The van der Waals surface area contributed by atoms with E-state index in [9.17, 15) is 4.79 Å². The molecule has 0 spiro atoms. The summed E-state index contributed by atoms with van der Waals surface area (Å²) in [6.45, 7) is 0. The van der Waals surface area contributed by atoms with E-state index in [0.29, 0.717) is 10.6 Å². The first-order chi connectivity index (χ1) is 8.66. The highest BCUT2D eigenvalue weighted by atomic mass is 79.9. The zero-order valence-electron chi connectivity index (χ0n) is 9.44. The molecular formula is C15H10BrClO. The van der Waals surface area contributed by atoms with Crippen LogP contribution in [0.2, 0.25) is 5.02 Å². The van der Waals surface area contributed by atoms with Crippen LogP contribution < -0.4 is 0 Å². The second-order valence-electron chi connectivity index (χ2n) is 3.73. The van der Waals surface area contributed by atoms with Crippen molar-refractivity contribution in [2.75, 3.05) is 0 Å². The van der Waals surface area contributed by atoms with Gasteiger partial charge in [0.25, 0.3) is 0 Å². The van der Waals surface area contributed by atoms with Gasteiger partial charge < -0.3 is 0 Å². The van der Waals surface area contributed by atoms with Crippen LogP contribution in [-0.4, -0.2) is 5.78 Å². The van der Waals surface area contributed by atoms with E-state index in [2.05, 4.69) is 15.9 Å². The van der Waals surface area contributed by atoms with E-state index in [4.69, 9.17) is 11.6 Å². The molecule has 0 atom stereocenters. The van der Waals surface area contributed by atoms with Gasteiger partial charge in [-0.15, -0.1) is 0 Å². The Balaban J connectivity index is 2.20. The minimum absolute atomic E-state index is 0.0618. The summed E-state index contributed by atoms with van der Waals surface area (Å²) in [5.41, 5.74) is 1.55. The van der Waals surface area contributed by atoms with Crippen molar-refractivity contribution >= 4 is 39.4 Å². The van der Waals surface area contributed by atoms with Gasteiger partial charge in [-0.05, 0) is 35.9 Å². The highest BCUT2D eigenvalue weighted by Gasteiger charge is 2.02. The number of carbonyl (C=O) groups is 1. The van der Waals surface area contributed by atoms with Crippen LogP contribution in [0.1, 0.15) is 15.9 Å². The maximum absolute atomic E-state index is 11.9. The molecule has 0 aliphatic heterocycles.